The highest BCUT2D eigenvalue weighted by Gasteiger charge is 2.16. The summed E-state index contributed by atoms with van der Waals surface area (Å²) >= 11 is 12.4. The van der Waals surface area contributed by atoms with E-state index in [0.29, 0.717) is 15.6 Å². The first kappa shape index (κ1) is 17.6. The maximum absolute atomic E-state index is 11.3. The van der Waals surface area contributed by atoms with E-state index >= 15 is 0 Å². The molecule has 0 aromatic heterocycles. The molecule has 0 radical (unpaired) electrons. The van der Waals surface area contributed by atoms with E-state index in [1.807, 2.05) is 12.1 Å². The highest BCUT2D eigenvalue weighted by Crippen LogP contribution is 2.28. The Kier molecular flexibility index (Phi) is 7.10. The van der Waals surface area contributed by atoms with Gasteiger partial charge in [-0.3, -0.25) is 9.69 Å². The fourth-order valence-electron chi connectivity index (χ4n) is 2.33. The molecule has 0 amide bonds. The SMILES string of the molecule is COC(=O)Cc1c(Cl)cc(CN2CCCC2)cc1Cl.Cl. The van der Waals surface area contributed by atoms with E-state index in [-0.39, 0.29) is 24.8 Å². The van der Waals surface area contributed by atoms with Crippen molar-refractivity contribution in [2.45, 2.75) is 25.8 Å². The Bertz CT molecular complexity index is 450. The molecule has 0 saturated carbocycles. The zero-order chi connectivity index (χ0) is 13.8. The lowest BCUT2D eigenvalue weighted by Gasteiger charge is -2.16. The van der Waals surface area contributed by atoms with E-state index in [0.717, 1.165) is 25.2 Å². The van der Waals surface area contributed by atoms with Gasteiger partial charge < -0.3 is 4.74 Å². The van der Waals surface area contributed by atoms with Crippen molar-refractivity contribution in [2.24, 2.45) is 0 Å². The Morgan fingerprint density at radius 3 is 2.30 bits per heavy atom. The maximum atomic E-state index is 11.3. The normalized spacial score (nSPS) is 14.9. The molecule has 112 valence electrons. The fraction of sp³-hybridized carbons (Fsp3) is 0.500. The molecule has 0 unspecified atom stereocenters. The van der Waals surface area contributed by atoms with Crippen molar-refractivity contribution in [3.8, 4) is 0 Å². The molecule has 0 atom stereocenters. The van der Waals surface area contributed by atoms with Gasteiger partial charge in [-0.2, -0.15) is 0 Å². The number of hydrogen-bond acceptors (Lipinski definition) is 3. The molecule has 0 spiro atoms. The minimum atomic E-state index is -0.337. The molecule has 1 aromatic carbocycles. The molecule has 0 bridgehead atoms. The van der Waals surface area contributed by atoms with Gasteiger partial charge in [0.05, 0.1) is 13.5 Å². The minimum Gasteiger partial charge on any atom is -0.469 e. The topological polar surface area (TPSA) is 29.5 Å². The van der Waals surface area contributed by atoms with E-state index < -0.39 is 0 Å². The van der Waals surface area contributed by atoms with Gasteiger partial charge in [-0.25, -0.2) is 0 Å². The first-order chi connectivity index (χ1) is 9.10. The van der Waals surface area contributed by atoms with Crippen molar-refractivity contribution >= 4 is 41.6 Å². The van der Waals surface area contributed by atoms with Crippen LogP contribution in [0, 0.1) is 0 Å². The molecule has 20 heavy (non-hydrogen) atoms. The van der Waals surface area contributed by atoms with Gasteiger partial charge in [-0.05, 0) is 43.6 Å². The molecule has 2 rings (SSSR count). The summed E-state index contributed by atoms with van der Waals surface area (Å²) in [6.07, 6.45) is 2.61. The predicted octanol–water partition coefficient (Wildman–Crippen LogP) is 3.73. The summed E-state index contributed by atoms with van der Waals surface area (Å²) < 4.78 is 4.64. The van der Waals surface area contributed by atoms with E-state index in [4.69, 9.17) is 23.2 Å². The number of benzene rings is 1. The summed E-state index contributed by atoms with van der Waals surface area (Å²) in [5.74, 6) is -0.337. The molecule has 1 aliphatic rings. The lowest BCUT2D eigenvalue weighted by atomic mass is 10.1. The highest BCUT2D eigenvalue weighted by molar-refractivity contribution is 6.36. The van der Waals surface area contributed by atoms with Crippen LogP contribution in [-0.2, 0) is 22.5 Å². The third-order valence-corrected chi connectivity index (χ3v) is 4.03. The number of hydrogen-bond donors (Lipinski definition) is 0. The third-order valence-electron chi connectivity index (χ3n) is 3.35. The standard InChI is InChI=1S/C14H17Cl2NO2.ClH/c1-19-14(18)8-11-12(15)6-10(7-13(11)16)9-17-4-2-3-5-17;/h6-7H,2-5,8-9H2,1H3;1H. The summed E-state index contributed by atoms with van der Waals surface area (Å²) in [6, 6.07) is 3.79. The van der Waals surface area contributed by atoms with Crippen LogP contribution >= 0.6 is 35.6 Å². The largest absolute Gasteiger partial charge is 0.469 e. The number of ether oxygens (including phenoxy) is 1. The van der Waals surface area contributed by atoms with Crippen molar-refractivity contribution in [2.75, 3.05) is 20.2 Å². The van der Waals surface area contributed by atoms with Gasteiger partial charge in [0.15, 0.2) is 0 Å². The monoisotopic (exact) mass is 337 g/mol. The number of esters is 1. The lowest BCUT2D eigenvalue weighted by Crippen LogP contribution is -2.18. The molecule has 6 heteroatoms. The Labute approximate surface area is 135 Å². The van der Waals surface area contributed by atoms with Crippen LogP contribution in [0.3, 0.4) is 0 Å². The van der Waals surface area contributed by atoms with Crippen LogP contribution < -0.4 is 0 Å². The van der Waals surface area contributed by atoms with Crippen molar-refractivity contribution in [1.82, 2.24) is 4.90 Å². The van der Waals surface area contributed by atoms with Crippen molar-refractivity contribution in [1.29, 1.82) is 0 Å². The van der Waals surface area contributed by atoms with Crippen LogP contribution in [0.5, 0.6) is 0 Å². The quantitative estimate of drug-likeness (QED) is 0.784. The number of methoxy groups -OCH3 is 1. The summed E-state index contributed by atoms with van der Waals surface area (Å²) in [4.78, 5) is 13.7. The molecule has 1 aliphatic heterocycles. The number of likely N-dealkylation sites (tertiary alicyclic amines) is 1. The van der Waals surface area contributed by atoms with E-state index in [9.17, 15) is 4.79 Å². The van der Waals surface area contributed by atoms with Crippen LogP contribution in [0.15, 0.2) is 12.1 Å². The molecule has 3 nitrogen and oxygen atoms in total. The zero-order valence-corrected chi connectivity index (χ0v) is 13.7. The molecule has 1 fully saturated rings. The van der Waals surface area contributed by atoms with Gasteiger partial charge in [0.2, 0.25) is 0 Å². The first-order valence-corrected chi connectivity index (χ1v) is 7.11. The van der Waals surface area contributed by atoms with Crippen molar-refractivity contribution in [3.63, 3.8) is 0 Å². The van der Waals surface area contributed by atoms with Gasteiger partial charge in [-0.1, -0.05) is 23.2 Å². The number of nitrogens with zero attached hydrogens (tertiary/aromatic N) is 1. The molecular weight excluding hydrogens is 321 g/mol. The van der Waals surface area contributed by atoms with Gasteiger partial charge >= 0.3 is 5.97 Å². The molecule has 1 heterocycles. The predicted molar refractivity (Wildman–Crippen MR) is 83.9 cm³/mol. The third kappa shape index (κ3) is 4.52. The maximum Gasteiger partial charge on any atom is 0.310 e. The Balaban J connectivity index is 0.00000200. The molecule has 1 aromatic rings. The summed E-state index contributed by atoms with van der Waals surface area (Å²) in [7, 11) is 1.35. The van der Waals surface area contributed by atoms with Crippen LogP contribution in [0.25, 0.3) is 0 Å². The summed E-state index contributed by atoms with van der Waals surface area (Å²) in [6.45, 7) is 3.11. The molecule has 0 aliphatic carbocycles. The van der Waals surface area contributed by atoms with Crippen LogP contribution in [0.2, 0.25) is 10.0 Å². The highest BCUT2D eigenvalue weighted by atomic mass is 35.5. The summed E-state index contributed by atoms with van der Waals surface area (Å²) in [5.41, 5.74) is 1.73. The Morgan fingerprint density at radius 1 is 1.25 bits per heavy atom. The minimum absolute atomic E-state index is 0. The average Bonchev–Trinajstić information content (AvgIpc) is 2.86. The van der Waals surface area contributed by atoms with E-state index in [2.05, 4.69) is 9.64 Å². The number of halogens is 3. The second-order valence-electron chi connectivity index (χ2n) is 4.77. The Hall–Kier alpha value is -0.480. The fourth-order valence-corrected chi connectivity index (χ4v) is 3.00. The van der Waals surface area contributed by atoms with Gasteiger partial charge in [0, 0.05) is 22.2 Å². The number of carbonyl (C=O) groups excluding carboxylic acids is 1. The lowest BCUT2D eigenvalue weighted by molar-refractivity contribution is -0.139. The first-order valence-electron chi connectivity index (χ1n) is 6.36. The Morgan fingerprint density at radius 2 is 1.80 bits per heavy atom. The molecule has 0 N–H and O–H groups in total. The van der Waals surface area contributed by atoms with E-state index in [1.165, 1.54) is 20.0 Å². The second kappa shape index (κ2) is 8.08. The van der Waals surface area contributed by atoms with Crippen molar-refractivity contribution in [3.05, 3.63) is 33.3 Å². The van der Waals surface area contributed by atoms with Gasteiger partial charge in [-0.15, -0.1) is 12.4 Å². The second-order valence-corrected chi connectivity index (χ2v) is 5.59. The number of rotatable bonds is 4. The van der Waals surface area contributed by atoms with Gasteiger partial charge in [0.1, 0.15) is 0 Å². The van der Waals surface area contributed by atoms with Crippen molar-refractivity contribution < 1.29 is 9.53 Å². The smallest absolute Gasteiger partial charge is 0.310 e. The molecule has 1 saturated heterocycles. The molecular formula is C14H18Cl3NO2. The summed E-state index contributed by atoms with van der Waals surface area (Å²) in [5, 5.41) is 1.07. The van der Waals surface area contributed by atoms with Crippen LogP contribution in [0.4, 0.5) is 0 Å². The van der Waals surface area contributed by atoms with Crippen LogP contribution in [0.1, 0.15) is 24.0 Å². The van der Waals surface area contributed by atoms with E-state index in [1.54, 1.807) is 0 Å². The van der Waals surface area contributed by atoms with Crippen LogP contribution in [-0.4, -0.2) is 31.1 Å². The average molecular weight is 339 g/mol. The van der Waals surface area contributed by atoms with Gasteiger partial charge in [0.25, 0.3) is 0 Å². The number of carbonyl (C=O) groups is 1. The zero-order valence-electron chi connectivity index (χ0n) is 11.3.